The fourth-order valence-corrected chi connectivity index (χ4v) is 2.61. The van der Waals surface area contributed by atoms with Crippen LogP contribution in [-0.2, 0) is 12.8 Å². The zero-order chi connectivity index (χ0) is 10.8. The first-order chi connectivity index (χ1) is 7.24. The molecule has 0 amide bonds. The molecule has 4 N–H and O–H groups in total. The average Bonchev–Trinajstić information content (AvgIpc) is 2.54. The van der Waals surface area contributed by atoms with Crippen molar-refractivity contribution in [1.29, 1.82) is 0 Å². The maximum Gasteiger partial charge on any atom is 0.0822 e. The molecule has 0 aromatic carbocycles. The summed E-state index contributed by atoms with van der Waals surface area (Å²) in [5.74, 6) is 0. The second kappa shape index (κ2) is 4.37. The monoisotopic (exact) mass is 208 g/mol. The molecule has 0 aliphatic heterocycles. The van der Waals surface area contributed by atoms with E-state index in [1.807, 2.05) is 6.92 Å². The Bertz CT molecular complexity index is 344. The zero-order valence-electron chi connectivity index (χ0n) is 9.34. The van der Waals surface area contributed by atoms with Gasteiger partial charge in [-0.1, -0.05) is 0 Å². The summed E-state index contributed by atoms with van der Waals surface area (Å²) >= 11 is 0. The van der Waals surface area contributed by atoms with Crippen LogP contribution in [0.25, 0.3) is 0 Å². The number of aromatic amines is 1. The molecule has 0 spiro atoms. The molecule has 0 saturated carbocycles. The number of aryl methyl sites for hydroxylation is 2. The third kappa shape index (κ3) is 1.94. The van der Waals surface area contributed by atoms with Crippen LogP contribution in [0.3, 0.4) is 0 Å². The Balaban J connectivity index is 2.32. The third-order valence-corrected chi connectivity index (χ3v) is 3.31. The Morgan fingerprint density at radius 2 is 2.13 bits per heavy atom. The van der Waals surface area contributed by atoms with Gasteiger partial charge in [0, 0.05) is 17.0 Å². The van der Waals surface area contributed by atoms with Crippen LogP contribution >= 0.6 is 0 Å². The van der Waals surface area contributed by atoms with Gasteiger partial charge in [-0.25, -0.2) is 0 Å². The molecule has 0 radical (unpaired) electrons. The van der Waals surface area contributed by atoms with Gasteiger partial charge in [0.25, 0.3) is 0 Å². The van der Waals surface area contributed by atoms with Gasteiger partial charge in [0.2, 0.25) is 0 Å². The van der Waals surface area contributed by atoms with Gasteiger partial charge in [0.05, 0.1) is 6.10 Å². The third-order valence-electron chi connectivity index (χ3n) is 3.31. The lowest BCUT2D eigenvalue weighted by molar-refractivity contribution is 0.168. The van der Waals surface area contributed by atoms with E-state index in [4.69, 9.17) is 5.73 Å². The molecule has 84 valence electrons. The fourth-order valence-electron chi connectivity index (χ4n) is 2.61. The molecule has 1 atom stereocenters. The lowest BCUT2D eigenvalue weighted by Crippen LogP contribution is -2.10. The number of hydrogen-bond donors (Lipinski definition) is 3. The summed E-state index contributed by atoms with van der Waals surface area (Å²) < 4.78 is 0. The second-order valence-corrected chi connectivity index (χ2v) is 4.42. The van der Waals surface area contributed by atoms with Crippen LogP contribution in [0.5, 0.6) is 0 Å². The first kappa shape index (κ1) is 10.7. The van der Waals surface area contributed by atoms with E-state index in [1.165, 1.54) is 24.1 Å². The van der Waals surface area contributed by atoms with Gasteiger partial charge in [0.15, 0.2) is 0 Å². The minimum Gasteiger partial charge on any atom is -0.388 e. The Kier molecular flexibility index (Phi) is 3.12. The van der Waals surface area contributed by atoms with E-state index in [9.17, 15) is 5.11 Å². The maximum absolute atomic E-state index is 10.0. The molecule has 0 fully saturated rings. The summed E-state index contributed by atoms with van der Waals surface area (Å²) in [6.07, 6.45) is 5.02. The van der Waals surface area contributed by atoms with Gasteiger partial charge in [-0.05, 0) is 51.1 Å². The summed E-state index contributed by atoms with van der Waals surface area (Å²) in [6, 6.07) is 0. The number of nitrogens with one attached hydrogen (secondary N) is 1. The minimum atomic E-state index is -0.381. The largest absolute Gasteiger partial charge is 0.388 e. The molecule has 1 aromatic heterocycles. The summed E-state index contributed by atoms with van der Waals surface area (Å²) in [7, 11) is 0. The van der Waals surface area contributed by atoms with E-state index in [1.54, 1.807) is 0 Å². The molecule has 3 heteroatoms. The van der Waals surface area contributed by atoms with Gasteiger partial charge < -0.3 is 15.8 Å². The van der Waals surface area contributed by atoms with Crippen LogP contribution in [0.15, 0.2) is 0 Å². The number of aromatic nitrogens is 1. The van der Waals surface area contributed by atoms with Crippen LogP contribution in [0.1, 0.15) is 47.9 Å². The predicted molar refractivity (Wildman–Crippen MR) is 60.8 cm³/mol. The normalized spacial score (nSPS) is 17.5. The molecule has 3 nitrogen and oxygen atoms in total. The zero-order valence-corrected chi connectivity index (χ0v) is 9.34. The highest BCUT2D eigenvalue weighted by Gasteiger charge is 2.22. The lowest BCUT2D eigenvalue weighted by atomic mass is 9.91. The van der Waals surface area contributed by atoms with E-state index in [2.05, 4.69) is 4.98 Å². The molecule has 1 heterocycles. The SMILES string of the molecule is Cc1[nH]c2c(c1C(O)CCN)CCCC2. The van der Waals surface area contributed by atoms with Gasteiger partial charge in [0.1, 0.15) is 0 Å². The molecule has 15 heavy (non-hydrogen) atoms. The van der Waals surface area contributed by atoms with Crippen molar-refractivity contribution in [2.45, 2.75) is 45.1 Å². The number of aliphatic hydroxyl groups is 1. The molecular weight excluding hydrogens is 188 g/mol. The number of aliphatic hydroxyl groups excluding tert-OH is 1. The van der Waals surface area contributed by atoms with Crippen molar-refractivity contribution in [3.05, 3.63) is 22.5 Å². The number of rotatable bonds is 3. The second-order valence-electron chi connectivity index (χ2n) is 4.42. The van der Waals surface area contributed by atoms with Gasteiger partial charge in [-0.15, -0.1) is 0 Å². The summed E-state index contributed by atoms with van der Waals surface area (Å²) in [4.78, 5) is 3.40. The first-order valence-corrected chi connectivity index (χ1v) is 5.82. The quantitative estimate of drug-likeness (QED) is 0.706. The van der Waals surface area contributed by atoms with Gasteiger partial charge >= 0.3 is 0 Å². The van der Waals surface area contributed by atoms with E-state index < -0.39 is 0 Å². The van der Waals surface area contributed by atoms with Crippen molar-refractivity contribution in [2.24, 2.45) is 5.73 Å². The number of H-pyrrole nitrogens is 1. The Hall–Kier alpha value is -0.800. The standard InChI is InChI=1S/C12H20N2O/c1-8-12(11(15)6-7-13)9-4-2-3-5-10(9)14-8/h11,14-15H,2-7,13H2,1H3. The predicted octanol–water partition coefficient (Wildman–Crippen LogP) is 1.58. The van der Waals surface area contributed by atoms with E-state index in [0.717, 1.165) is 24.1 Å². The first-order valence-electron chi connectivity index (χ1n) is 5.82. The number of hydrogen-bond acceptors (Lipinski definition) is 2. The maximum atomic E-state index is 10.0. The molecular formula is C12H20N2O. The van der Waals surface area contributed by atoms with Crippen molar-refractivity contribution in [1.82, 2.24) is 4.98 Å². The molecule has 0 saturated heterocycles. The molecule has 0 bridgehead atoms. The Labute approximate surface area is 90.7 Å². The van der Waals surface area contributed by atoms with Crippen LogP contribution < -0.4 is 5.73 Å². The number of fused-ring (bicyclic) bond motifs is 1. The molecule has 1 unspecified atom stereocenters. The molecule has 2 rings (SSSR count). The summed E-state index contributed by atoms with van der Waals surface area (Å²) in [5.41, 5.74) is 10.4. The van der Waals surface area contributed by atoms with Crippen molar-refractivity contribution in [3.63, 3.8) is 0 Å². The van der Waals surface area contributed by atoms with Crippen LogP contribution in [0, 0.1) is 6.92 Å². The highest BCUT2D eigenvalue weighted by atomic mass is 16.3. The topological polar surface area (TPSA) is 62.0 Å². The highest BCUT2D eigenvalue weighted by Crippen LogP contribution is 2.31. The van der Waals surface area contributed by atoms with Crippen molar-refractivity contribution in [2.75, 3.05) is 6.54 Å². The smallest absolute Gasteiger partial charge is 0.0822 e. The minimum absolute atomic E-state index is 0.381. The highest BCUT2D eigenvalue weighted by molar-refractivity contribution is 5.39. The van der Waals surface area contributed by atoms with E-state index >= 15 is 0 Å². The van der Waals surface area contributed by atoms with Crippen LogP contribution in [0.2, 0.25) is 0 Å². The number of nitrogens with two attached hydrogens (primary N) is 1. The average molecular weight is 208 g/mol. The Morgan fingerprint density at radius 3 is 2.87 bits per heavy atom. The van der Waals surface area contributed by atoms with Gasteiger partial charge in [-0.2, -0.15) is 0 Å². The Morgan fingerprint density at radius 1 is 1.40 bits per heavy atom. The summed E-state index contributed by atoms with van der Waals surface area (Å²) in [5, 5.41) is 10.0. The van der Waals surface area contributed by atoms with Crippen molar-refractivity contribution in [3.8, 4) is 0 Å². The molecule has 1 aliphatic rings. The van der Waals surface area contributed by atoms with Crippen molar-refractivity contribution >= 4 is 0 Å². The van der Waals surface area contributed by atoms with Crippen molar-refractivity contribution < 1.29 is 5.11 Å². The van der Waals surface area contributed by atoms with Crippen LogP contribution in [0.4, 0.5) is 0 Å². The van der Waals surface area contributed by atoms with Gasteiger partial charge in [-0.3, -0.25) is 0 Å². The molecule has 1 aromatic rings. The lowest BCUT2D eigenvalue weighted by Gasteiger charge is -2.16. The molecule has 1 aliphatic carbocycles. The fraction of sp³-hybridized carbons (Fsp3) is 0.667. The van der Waals surface area contributed by atoms with Crippen LogP contribution in [-0.4, -0.2) is 16.6 Å². The van der Waals surface area contributed by atoms with E-state index in [-0.39, 0.29) is 6.10 Å². The summed E-state index contributed by atoms with van der Waals surface area (Å²) in [6.45, 7) is 2.59. The van der Waals surface area contributed by atoms with E-state index in [0.29, 0.717) is 13.0 Å².